The van der Waals surface area contributed by atoms with Crippen LogP contribution in [0.1, 0.15) is 0 Å². The molecule has 3 nitrogen and oxygen atoms in total. The van der Waals surface area contributed by atoms with E-state index in [0.29, 0.717) is 0 Å². The van der Waals surface area contributed by atoms with Crippen LogP contribution in [0.5, 0.6) is 0 Å². The van der Waals surface area contributed by atoms with Crippen LogP contribution >= 0.6 is 0 Å². The molecule has 0 bridgehead atoms. The minimum atomic E-state index is 0. The van der Waals surface area contributed by atoms with Gasteiger partial charge in [-0.25, -0.2) is 0 Å². The Morgan fingerprint density at radius 3 is 0.571 bits per heavy atom. The molecule has 7 heavy (non-hydrogen) atoms. The summed E-state index contributed by atoms with van der Waals surface area (Å²) < 4.78 is 0. The monoisotopic (exact) mass is 116 g/mol. The molecule has 0 atom stereocenters. The van der Waals surface area contributed by atoms with E-state index in [1.165, 1.54) is 0 Å². The normalized spacial score (nSPS) is 2.57. The first-order valence-corrected chi connectivity index (χ1v) is 1.22. The van der Waals surface area contributed by atoms with Gasteiger partial charge in [0.05, 0.1) is 0 Å². The Morgan fingerprint density at radius 1 is 0.571 bits per heavy atom. The minimum Gasteiger partial charge on any atom is -0.857 e. The number of rotatable bonds is 0. The fourth-order valence-corrected chi connectivity index (χ4v) is 0. The predicted octanol–water partition coefficient (Wildman–Crippen LogP) is -6.07. The maximum absolute atomic E-state index is 8.25. The summed E-state index contributed by atoms with van der Waals surface area (Å²) in [4.78, 5) is 0. The summed E-state index contributed by atoms with van der Waals surface area (Å²) in [6.45, 7) is 0. The topological polar surface area (TPSA) is 69.2 Å². The molecule has 0 amide bonds. The second-order valence-corrected chi connectivity index (χ2v) is 0. The van der Waals surface area contributed by atoms with Crippen LogP contribution in [-0.2, 0) is 0 Å². The first-order chi connectivity index (χ1) is 3.00. The zero-order chi connectivity index (χ0) is 6.00. The van der Waals surface area contributed by atoms with E-state index in [1.54, 1.807) is 0 Å². The predicted molar refractivity (Wildman–Crippen MR) is 17.8 cm³/mol. The molecule has 0 aliphatic heterocycles. The molecule has 0 spiro atoms. The van der Waals surface area contributed by atoms with Crippen molar-refractivity contribution >= 4 is 0 Å². The van der Waals surface area contributed by atoms with Crippen molar-refractivity contribution in [2.45, 2.75) is 0 Å². The third-order valence-electron chi connectivity index (χ3n) is 0. The largest absolute Gasteiger partial charge is 1.00 e. The zero-order valence-corrected chi connectivity index (χ0v) is 7.22. The van der Waals surface area contributed by atoms with Crippen LogP contribution in [0.2, 0.25) is 0 Å². The van der Waals surface area contributed by atoms with E-state index in [1.807, 2.05) is 0 Å². The summed E-state index contributed by atoms with van der Waals surface area (Å²) >= 11 is 0. The quantitative estimate of drug-likeness (QED) is 0.296. The van der Waals surface area contributed by atoms with Crippen molar-refractivity contribution in [3.8, 4) is 0 Å². The molecule has 0 aliphatic rings. The van der Waals surface area contributed by atoms with Crippen molar-refractivity contribution in [2.24, 2.45) is 0 Å². The Morgan fingerprint density at radius 2 is 0.571 bits per heavy atom. The van der Waals surface area contributed by atoms with E-state index in [-0.39, 0.29) is 29.6 Å². The average Bonchev–Trinajstić information content (AvgIpc) is 1.81. The van der Waals surface area contributed by atoms with Gasteiger partial charge in [-0.2, -0.15) is 21.3 Å². The van der Waals surface area contributed by atoms with Crippen molar-refractivity contribution in [1.29, 1.82) is 0 Å². The summed E-state index contributed by atoms with van der Waals surface area (Å²) in [5.41, 5.74) is 0. The summed E-state index contributed by atoms with van der Waals surface area (Å²) in [7, 11) is 2.25. The van der Waals surface area contributed by atoms with Crippen molar-refractivity contribution in [1.82, 2.24) is 0 Å². The summed E-state index contributed by atoms with van der Waals surface area (Å²) in [5.74, 6) is 0. The first kappa shape index (κ1) is 24.8. The summed E-state index contributed by atoms with van der Waals surface area (Å²) in [6, 6.07) is 0. The Balaban J connectivity index is -0.00000000900. The molecule has 0 heterocycles. The van der Waals surface area contributed by atoms with E-state index in [2.05, 4.69) is 0 Å². The molecule has 0 saturated heterocycles. The fraction of sp³-hybridized carbons (Fsp3) is 1.00. The van der Waals surface area contributed by atoms with Gasteiger partial charge in [0, 0.05) is 0 Å². The van der Waals surface area contributed by atoms with Crippen LogP contribution in [0, 0.1) is 0 Å². The van der Waals surface area contributed by atoms with Gasteiger partial charge in [0.25, 0.3) is 0 Å². The standard InChI is InChI=1S/3CH3O.Na/c3*1-2;/h3*1H3;/q3*-1;+1. The van der Waals surface area contributed by atoms with Crippen molar-refractivity contribution in [2.75, 3.05) is 21.3 Å². The molecular formula is C3H9NaO3-2. The van der Waals surface area contributed by atoms with Gasteiger partial charge in [-0.1, -0.05) is 0 Å². The number of hydrogen-bond acceptors (Lipinski definition) is 3. The van der Waals surface area contributed by atoms with Gasteiger partial charge in [0.15, 0.2) is 0 Å². The van der Waals surface area contributed by atoms with E-state index in [0.717, 1.165) is 21.3 Å². The molecule has 0 N–H and O–H groups in total. The van der Waals surface area contributed by atoms with Crippen LogP contribution in [0.3, 0.4) is 0 Å². The third-order valence-corrected chi connectivity index (χ3v) is 0. The molecule has 0 aromatic carbocycles. The first-order valence-electron chi connectivity index (χ1n) is 1.22. The second kappa shape index (κ2) is 307. The molecule has 0 rings (SSSR count). The summed E-state index contributed by atoms with van der Waals surface area (Å²) in [6.07, 6.45) is 0. The van der Waals surface area contributed by atoms with Gasteiger partial charge < -0.3 is 15.3 Å². The molecule has 0 radical (unpaired) electrons. The molecule has 0 saturated carbocycles. The fourth-order valence-electron chi connectivity index (χ4n) is 0. The smallest absolute Gasteiger partial charge is 0.857 e. The second-order valence-electron chi connectivity index (χ2n) is 0. The maximum atomic E-state index is 8.25. The summed E-state index contributed by atoms with van der Waals surface area (Å²) in [5, 5.41) is 24.8. The van der Waals surface area contributed by atoms with Gasteiger partial charge in [0.1, 0.15) is 0 Å². The molecule has 0 aromatic rings. The molecule has 4 heteroatoms. The zero-order valence-electron chi connectivity index (χ0n) is 5.22. The molecule has 0 aromatic heterocycles. The van der Waals surface area contributed by atoms with Gasteiger partial charge in [-0.05, 0) is 0 Å². The molecule has 42 valence electrons. The molecule has 0 fully saturated rings. The van der Waals surface area contributed by atoms with Crippen LogP contribution in [0.4, 0.5) is 0 Å². The molecular weight excluding hydrogens is 107 g/mol. The molecule has 0 aliphatic carbocycles. The van der Waals surface area contributed by atoms with E-state index in [9.17, 15) is 0 Å². The van der Waals surface area contributed by atoms with Gasteiger partial charge in [0.2, 0.25) is 0 Å². The van der Waals surface area contributed by atoms with E-state index < -0.39 is 0 Å². The van der Waals surface area contributed by atoms with Gasteiger partial charge in [-0.3, -0.25) is 0 Å². The number of hydrogen-bond donors (Lipinski definition) is 0. The van der Waals surface area contributed by atoms with Crippen LogP contribution in [-0.4, -0.2) is 21.3 Å². The Hall–Kier alpha value is 0.880. The SMILES string of the molecule is C[O-].C[O-].C[O-].[Na+]. The van der Waals surface area contributed by atoms with Gasteiger partial charge >= 0.3 is 29.6 Å². The molecule has 0 unspecified atom stereocenters. The van der Waals surface area contributed by atoms with Crippen LogP contribution < -0.4 is 44.9 Å². The van der Waals surface area contributed by atoms with Crippen molar-refractivity contribution in [3.63, 3.8) is 0 Å². The third kappa shape index (κ3) is 212. The van der Waals surface area contributed by atoms with Crippen molar-refractivity contribution < 1.29 is 44.9 Å². The van der Waals surface area contributed by atoms with Crippen molar-refractivity contribution in [3.05, 3.63) is 0 Å². The average molecular weight is 116 g/mol. The van der Waals surface area contributed by atoms with Crippen LogP contribution in [0.25, 0.3) is 0 Å². The van der Waals surface area contributed by atoms with E-state index >= 15 is 0 Å². The Kier molecular flexibility index (Phi) is 1090. The van der Waals surface area contributed by atoms with E-state index in [4.69, 9.17) is 15.3 Å². The van der Waals surface area contributed by atoms with Crippen LogP contribution in [0.15, 0.2) is 0 Å². The van der Waals surface area contributed by atoms with Gasteiger partial charge in [-0.15, -0.1) is 0 Å². The Labute approximate surface area is 66.3 Å². The Bertz CT molecular complexity index is 10.1. The minimum absolute atomic E-state index is 0. The maximum Gasteiger partial charge on any atom is 1.00 e.